The van der Waals surface area contributed by atoms with Crippen LogP contribution < -0.4 is 0 Å². The predicted molar refractivity (Wildman–Crippen MR) is 74.2 cm³/mol. The van der Waals surface area contributed by atoms with Gasteiger partial charge in [-0.25, -0.2) is 4.98 Å². The molecule has 0 aliphatic carbocycles. The van der Waals surface area contributed by atoms with Crippen molar-refractivity contribution in [1.82, 2.24) is 9.88 Å². The Kier molecular flexibility index (Phi) is 6.90. The largest absolute Gasteiger partial charge is 0.481 e. The van der Waals surface area contributed by atoms with Crippen LogP contribution in [-0.2, 0) is 17.6 Å². The maximum absolute atomic E-state index is 10.5. The summed E-state index contributed by atoms with van der Waals surface area (Å²) in [5.74, 6) is -0.760. The second-order valence-electron chi connectivity index (χ2n) is 4.53. The van der Waals surface area contributed by atoms with Crippen molar-refractivity contribution in [1.29, 1.82) is 0 Å². The molecule has 18 heavy (non-hydrogen) atoms. The van der Waals surface area contributed by atoms with Gasteiger partial charge in [0.2, 0.25) is 0 Å². The zero-order valence-electron chi connectivity index (χ0n) is 11.2. The van der Waals surface area contributed by atoms with Crippen molar-refractivity contribution in [3.8, 4) is 0 Å². The van der Waals surface area contributed by atoms with E-state index in [1.54, 1.807) is 11.3 Å². The summed E-state index contributed by atoms with van der Waals surface area (Å²) in [6.45, 7) is 4.35. The molecule has 0 fully saturated rings. The Morgan fingerprint density at radius 1 is 1.44 bits per heavy atom. The fraction of sp³-hybridized carbons (Fsp3) is 0.692. The average molecular weight is 270 g/mol. The molecule has 0 amide bonds. The van der Waals surface area contributed by atoms with E-state index < -0.39 is 5.97 Å². The molecular formula is C13H22N2O2S. The number of likely N-dealkylation sites (N-methyl/N-ethyl adjacent to an activating group) is 1. The number of carboxylic acid groups (broad SMARTS) is 1. The van der Waals surface area contributed by atoms with E-state index >= 15 is 0 Å². The van der Waals surface area contributed by atoms with Crippen LogP contribution in [0.3, 0.4) is 0 Å². The first kappa shape index (κ1) is 15.1. The van der Waals surface area contributed by atoms with E-state index in [4.69, 9.17) is 5.11 Å². The minimum atomic E-state index is -0.760. The highest BCUT2D eigenvalue weighted by Crippen LogP contribution is 2.12. The maximum atomic E-state index is 10.5. The maximum Gasteiger partial charge on any atom is 0.303 e. The molecule has 0 spiro atoms. The van der Waals surface area contributed by atoms with Crippen molar-refractivity contribution in [3.05, 3.63) is 16.1 Å². The molecule has 1 rings (SSSR count). The molecule has 4 nitrogen and oxygen atoms in total. The molecule has 1 N–H and O–H groups in total. The number of hydrogen-bond acceptors (Lipinski definition) is 4. The van der Waals surface area contributed by atoms with Crippen molar-refractivity contribution in [2.24, 2.45) is 0 Å². The molecule has 0 aromatic carbocycles. The quantitative estimate of drug-likeness (QED) is 0.749. The molecule has 0 saturated carbocycles. The van der Waals surface area contributed by atoms with Crippen molar-refractivity contribution in [2.45, 2.75) is 39.0 Å². The molecule has 0 aliphatic rings. The molecule has 0 bridgehead atoms. The second kappa shape index (κ2) is 8.21. The van der Waals surface area contributed by atoms with Gasteiger partial charge in [0.05, 0.1) is 17.1 Å². The topological polar surface area (TPSA) is 53.4 Å². The highest BCUT2D eigenvalue weighted by molar-refractivity contribution is 7.09. The summed E-state index contributed by atoms with van der Waals surface area (Å²) in [5, 5.41) is 11.7. The van der Waals surface area contributed by atoms with Crippen LogP contribution in [0.15, 0.2) is 5.38 Å². The first-order chi connectivity index (χ1) is 8.61. The molecule has 0 saturated heterocycles. The average Bonchev–Trinajstić information content (AvgIpc) is 2.79. The van der Waals surface area contributed by atoms with E-state index in [0.717, 1.165) is 30.2 Å². The van der Waals surface area contributed by atoms with Gasteiger partial charge in [0.1, 0.15) is 0 Å². The zero-order chi connectivity index (χ0) is 13.4. The van der Waals surface area contributed by atoms with Gasteiger partial charge in [-0.2, -0.15) is 0 Å². The van der Waals surface area contributed by atoms with Gasteiger partial charge in [0.15, 0.2) is 0 Å². The fourth-order valence-corrected chi connectivity index (χ4v) is 2.46. The zero-order valence-corrected chi connectivity index (χ0v) is 12.0. The second-order valence-corrected chi connectivity index (χ2v) is 5.48. The molecule has 0 aliphatic heterocycles. The summed E-state index contributed by atoms with van der Waals surface area (Å²) in [6.07, 6.45) is 4.12. The lowest BCUT2D eigenvalue weighted by atomic mass is 10.2. The van der Waals surface area contributed by atoms with E-state index in [0.29, 0.717) is 6.42 Å². The molecule has 0 unspecified atom stereocenters. The van der Waals surface area contributed by atoms with Crippen LogP contribution in [0.4, 0.5) is 0 Å². The van der Waals surface area contributed by atoms with Crippen LogP contribution in [0.2, 0.25) is 0 Å². The van der Waals surface area contributed by atoms with Crippen LogP contribution in [-0.4, -0.2) is 41.1 Å². The van der Waals surface area contributed by atoms with Crippen LogP contribution in [0.5, 0.6) is 0 Å². The Labute approximate surface area is 113 Å². The first-order valence-electron chi connectivity index (χ1n) is 6.45. The Hall–Kier alpha value is -0.940. The molecule has 1 heterocycles. The Morgan fingerprint density at radius 2 is 2.22 bits per heavy atom. The first-order valence-corrected chi connectivity index (χ1v) is 7.33. The Morgan fingerprint density at radius 3 is 2.89 bits per heavy atom. The highest BCUT2D eigenvalue weighted by Gasteiger charge is 2.06. The molecule has 102 valence electrons. The normalized spacial score (nSPS) is 11.1. The van der Waals surface area contributed by atoms with Gasteiger partial charge in [0.25, 0.3) is 0 Å². The number of aryl methyl sites for hydroxylation is 1. The van der Waals surface area contributed by atoms with Gasteiger partial charge < -0.3 is 10.0 Å². The highest BCUT2D eigenvalue weighted by atomic mass is 32.1. The summed E-state index contributed by atoms with van der Waals surface area (Å²) < 4.78 is 0. The van der Waals surface area contributed by atoms with Crippen LogP contribution in [0.25, 0.3) is 0 Å². The molecule has 0 radical (unpaired) electrons. The number of thiazole rings is 1. The van der Waals surface area contributed by atoms with Gasteiger partial charge in [-0.1, -0.05) is 13.3 Å². The van der Waals surface area contributed by atoms with Crippen LogP contribution >= 0.6 is 11.3 Å². The van der Waals surface area contributed by atoms with Gasteiger partial charge in [-0.3, -0.25) is 4.79 Å². The van der Waals surface area contributed by atoms with E-state index in [1.165, 1.54) is 12.8 Å². The number of nitrogens with zero attached hydrogens (tertiary/aromatic N) is 2. The van der Waals surface area contributed by atoms with Crippen molar-refractivity contribution >= 4 is 17.3 Å². The summed E-state index contributed by atoms with van der Waals surface area (Å²) >= 11 is 1.64. The van der Waals surface area contributed by atoms with Gasteiger partial charge in [-0.15, -0.1) is 11.3 Å². The van der Waals surface area contributed by atoms with E-state index in [1.807, 2.05) is 5.38 Å². The lowest BCUT2D eigenvalue weighted by Crippen LogP contribution is -2.22. The predicted octanol–water partition coefficient (Wildman–Crippen LogP) is 2.43. The third-order valence-electron chi connectivity index (χ3n) is 2.80. The third kappa shape index (κ3) is 6.12. The molecule has 0 atom stereocenters. The minimum Gasteiger partial charge on any atom is -0.481 e. The molecule has 1 aromatic heterocycles. The van der Waals surface area contributed by atoms with E-state index in [2.05, 4.69) is 23.9 Å². The van der Waals surface area contributed by atoms with Crippen LogP contribution in [0.1, 0.15) is 36.9 Å². The summed E-state index contributed by atoms with van der Waals surface area (Å²) in [7, 11) is 2.13. The monoisotopic (exact) mass is 270 g/mol. The SMILES string of the molecule is CCCCN(C)CCc1nc(CCC(=O)O)cs1. The summed E-state index contributed by atoms with van der Waals surface area (Å²) in [4.78, 5) is 17.2. The lowest BCUT2D eigenvalue weighted by Gasteiger charge is -2.14. The number of carbonyl (C=O) groups is 1. The fourth-order valence-electron chi connectivity index (χ4n) is 1.64. The van der Waals surface area contributed by atoms with Crippen LogP contribution in [0, 0.1) is 0 Å². The van der Waals surface area contributed by atoms with Crippen molar-refractivity contribution in [3.63, 3.8) is 0 Å². The van der Waals surface area contributed by atoms with E-state index in [-0.39, 0.29) is 6.42 Å². The number of unbranched alkanes of at least 4 members (excludes halogenated alkanes) is 1. The molecule has 5 heteroatoms. The Balaban J connectivity index is 2.28. The number of aromatic nitrogens is 1. The van der Waals surface area contributed by atoms with Crippen molar-refractivity contribution in [2.75, 3.05) is 20.1 Å². The van der Waals surface area contributed by atoms with Gasteiger partial charge in [-0.05, 0) is 20.0 Å². The number of aliphatic carboxylic acids is 1. The number of carboxylic acids is 1. The summed E-state index contributed by atoms with van der Waals surface area (Å²) in [5.41, 5.74) is 0.911. The van der Waals surface area contributed by atoms with Gasteiger partial charge >= 0.3 is 5.97 Å². The lowest BCUT2D eigenvalue weighted by molar-refractivity contribution is -0.136. The van der Waals surface area contributed by atoms with E-state index in [9.17, 15) is 4.79 Å². The smallest absolute Gasteiger partial charge is 0.303 e. The molecular weight excluding hydrogens is 248 g/mol. The third-order valence-corrected chi connectivity index (χ3v) is 3.75. The molecule has 1 aromatic rings. The Bertz CT molecular complexity index is 366. The minimum absolute atomic E-state index is 0.166. The number of hydrogen-bond donors (Lipinski definition) is 1. The van der Waals surface area contributed by atoms with Crippen molar-refractivity contribution < 1.29 is 9.90 Å². The number of rotatable bonds is 9. The summed E-state index contributed by atoms with van der Waals surface area (Å²) in [6, 6.07) is 0. The van der Waals surface area contributed by atoms with Gasteiger partial charge in [0, 0.05) is 24.8 Å². The standard InChI is InChI=1S/C13H22N2O2S/c1-3-4-8-15(2)9-7-12-14-11(10-18-12)5-6-13(16)17/h10H,3-9H2,1-2H3,(H,16,17).